The van der Waals surface area contributed by atoms with Crippen molar-refractivity contribution in [3.8, 4) is 0 Å². The van der Waals surface area contributed by atoms with Gasteiger partial charge in [-0.3, -0.25) is 0 Å². The summed E-state index contributed by atoms with van der Waals surface area (Å²) in [5.41, 5.74) is 0. The Hall–Kier alpha value is -0.250. The van der Waals surface area contributed by atoms with Crippen molar-refractivity contribution in [3.05, 3.63) is 6.61 Å². The number of halogens is 3. The van der Waals surface area contributed by atoms with Gasteiger partial charge in [-0.15, -0.1) is 0 Å². The molecule has 0 unspecified atom stereocenters. The van der Waals surface area contributed by atoms with Gasteiger partial charge in [0.1, 0.15) is 0 Å². The topological polar surface area (TPSA) is 9.23 Å². The maximum absolute atomic E-state index is 11.5. The van der Waals surface area contributed by atoms with Crippen LogP contribution in [-0.4, -0.2) is 12.8 Å². The van der Waals surface area contributed by atoms with E-state index in [1.54, 1.807) is 0 Å². The van der Waals surface area contributed by atoms with Crippen molar-refractivity contribution in [2.75, 3.05) is 6.61 Å². The molecule has 0 fully saturated rings. The third-order valence-electron chi connectivity index (χ3n) is 1.01. The van der Waals surface area contributed by atoms with Crippen LogP contribution < -0.4 is 0 Å². The van der Waals surface area contributed by atoms with E-state index in [0.717, 1.165) is 6.42 Å². The quantitative estimate of drug-likeness (QED) is 0.575. The Kier molecular flexibility index (Phi) is 5.28. The van der Waals surface area contributed by atoms with Crippen LogP contribution >= 0.6 is 0 Å². The molecule has 11 heavy (non-hydrogen) atoms. The molecule has 0 heterocycles. The minimum Gasteiger partial charge on any atom is -0.376 e. The van der Waals surface area contributed by atoms with Crippen molar-refractivity contribution in [3.63, 3.8) is 0 Å². The van der Waals surface area contributed by atoms with Crippen LogP contribution in [-0.2, 0) is 4.74 Å². The van der Waals surface area contributed by atoms with E-state index in [9.17, 15) is 13.2 Å². The van der Waals surface area contributed by atoms with Gasteiger partial charge in [-0.2, -0.15) is 13.2 Å². The molecule has 1 radical (unpaired) electrons. The summed E-state index contributed by atoms with van der Waals surface area (Å²) < 4.78 is 39.3. The monoisotopic (exact) mass is 169 g/mol. The number of hydrogen-bond acceptors (Lipinski definition) is 1. The molecule has 4 heteroatoms. The molecule has 0 atom stereocenters. The number of rotatable bonds is 5. The number of alkyl halides is 3. The highest BCUT2D eigenvalue weighted by Crippen LogP contribution is 2.21. The van der Waals surface area contributed by atoms with Gasteiger partial charge in [0.05, 0.1) is 6.61 Å². The molecule has 0 aromatic carbocycles. The average Bonchev–Trinajstić information content (AvgIpc) is 1.85. The predicted octanol–water partition coefficient (Wildman–Crippen LogP) is 2.92. The first-order valence-electron chi connectivity index (χ1n) is 3.56. The van der Waals surface area contributed by atoms with E-state index < -0.39 is 12.6 Å². The van der Waals surface area contributed by atoms with Gasteiger partial charge in [0.15, 0.2) is 0 Å². The first-order valence-corrected chi connectivity index (χ1v) is 3.56. The fraction of sp³-hybridized carbons (Fsp3) is 0.857. The normalized spacial score (nSPS) is 12.0. The molecule has 0 spiro atoms. The highest BCUT2D eigenvalue weighted by molar-refractivity contribution is 4.51. The molecule has 0 aliphatic rings. The largest absolute Gasteiger partial charge is 0.389 e. The van der Waals surface area contributed by atoms with Crippen molar-refractivity contribution >= 4 is 0 Å². The fourth-order valence-corrected chi connectivity index (χ4v) is 0.557. The summed E-state index contributed by atoms with van der Waals surface area (Å²) in [5, 5.41) is 0. The van der Waals surface area contributed by atoms with Gasteiger partial charge in [0.25, 0.3) is 0 Å². The maximum atomic E-state index is 11.5. The lowest BCUT2D eigenvalue weighted by Gasteiger charge is -2.05. The van der Waals surface area contributed by atoms with Crippen LogP contribution in [0, 0.1) is 6.61 Å². The van der Waals surface area contributed by atoms with Crippen molar-refractivity contribution in [1.82, 2.24) is 0 Å². The van der Waals surface area contributed by atoms with Gasteiger partial charge in [-0.25, -0.2) is 0 Å². The molecule has 0 aromatic rings. The first-order chi connectivity index (χ1) is 5.06. The van der Waals surface area contributed by atoms with Crippen molar-refractivity contribution in [2.45, 2.75) is 32.4 Å². The highest BCUT2D eigenvalue weighted by Gasteiger charge is 2.25. The van der Waals surface area contributed by atoms with Gasteiger partial charge in [0.2, 0.25) is 0 Å². The van der Waals surface area contributed by atoms with E-state index in [4.69, 9.17) is 4.74 Å². The molecular weight excluding hydrogens is 157 g/mol. The summed E-state index contributed by atoms with van der Waals surface area (Å²) in [7, 11) is 0. The van der Waals surface area contributed by atoms with Gasteiger partial charge < -0.3 is 4.74 Å². The average molecular weight is 169 g/mol. The molecule has 0 saturated heterocycles. The molecule has 0 aliphatic heterocycles. The molecule has 0 aromatic heterocycles. The summed E-state index contributed by atoms with van der Waals surface area (Å²) in [6, 6.07) is 0. The minimum atomic E-state index is -4.05. The molecule has 0 saturated carbocycles. The summed E-state index contributed by atoms with van der Waals surface area (Å²) in [6.45, 7) is 3.54. The van der Waals surface area contributed by atoms with Gasteiger partial charge in [-0.05, 0) is 12.8 Å². The standard InChI is InChI=1S/C7H12F3O/c1-2-5-11-6-3-4-7(8,9)10/h5H,2-4,6H2,1H3. The number of ether oxygens (including phenoxy) is 1. The van der Waals surface area contributed by atoms with Crippen LogP contribution in [0.2, 0.25) is 0 Å². The Morgan fingerprint density at radius 3 is 2.45 bits per heavy atom. The number of hydrogen-bond donors (Lipinski definition) is 0. The second kappa shape index (κ2) is 5.41. The first kappa shape index (κ1) is 10.8. The van der Waals surface area contributed by atoms with E-state index in [1.165, 1.54) is 6.61 Å². The lowest BCUT2D eigenvalue weighted by Crippen LogP contribution is -2.08. The van der Waals surface area contributed by atoms with Crippen LogP contribution in [0.3, 0.4) is 0 Å². The predicted molar refractivity (Wildman–Crippen MR) is 35.8 cm³/mol. The van der Waals surface area contributed by atoms with E-state index >= 15 is 0 Å². The van der Waals surface area contributed by atoms with Crippen LogP contribution in [0.1, 0.15) is 26.2 Å². The zero-order valence-electron chi connectivity index (χ0n) is 6.45. The van der Waals surface area contributed by atoms with E-state index in [0.29, 0.717) is 0 Å². The van der Waals surface area contributed by atoms with Gasteiger partial charge in [0, 0.05) is 13.0 Å². The Morgan fingerprint density at radius 2 is 2.00 bits per heavy atom. The Morgan fingerprint density at radius 1 is 1.36 bits per heavy atom. The molecule has 0 N–H and O–H groups in total. The SMILES string of the molecule is CC[CH]OCCCC(F)(F)F. The molecule has 0 bridgehead atoms. The molecular formula is C7H12F3O. The van der Waals surface area contributed by atoms with Crippen LogP contribution in [0.5, 0.6) is 0 Å². The third kappa shape index (κ3) is 9.75. The van der Waals surface area contributed by atoms with Crippen LogP contribution in [0.15, 0.2) is 0 Å². The molecule has 0 aliphatic carbocycles. The Bertz CT molecular complexity index is 90.2. The third-order valence-corrected chi connectivity index (χ3v) is 1.01. The molecule has 0 rings (SSSR count). The van der Waals surface area contributed by atoms with Gasteiger partial charge in [-0.1, -0.05) is 6.92 Å². The maximum Gasteiger partial charge on any atom is 0.389 e. The second-order valence-electron chi connectivity index (χ2n) is 2.16. The summed E-state index contributed by atoms with van der Waals surface area (Å²) in [4.78, 5) is 0. The highest BCUT2D eigenvalue weighted by atomic mass is 19.4. The summed E-state index contributed by atoms with van der Waals surface area (Å²) in [5.74, 6) is 0. The van der Waals surface area contributed by atoms with E-state index in [2.05, 4.69) is 0 Å². The van der Waals surface area contributed by atoms with E-state index in [-0.39, 0.29) is 13.0 Å². The molecule has 67 valence electrons. The van der Waals surface area contributed by atoms with Crippen molar-refractivity contribution in [2.24, 2.45) is 0 Å². The Labute approximate surface area is 64.5 Å². The molecule has 1 nitrogen and oxygen atoms in total. The lowest BCUT2D eigenvalue weighted by atomic mass is 10.3. The fourth-order valence-electron chi connectivity index (χ4n) is 0.557. The van der Waals surface area contributed by atoms with Crippen LogP contribution in [0.25, 0.3) is 0 Å². The zero-order valence-corrected chi connectivity index (χ0v) is 6.45. The lowest BCUT2D eigenvalue weighted by molar-refractivity contribution is -0.137. The minimum absolute atomic E-state index is 0.0417. The smallest absolute Gasteiger partial charge is 0.376 e. The van der Waals surface area contributed by atoms with Crippen molar-refractivity contribution < 1.29 is 17.9 Å². The summed E-state index contributed by atoms with van der Waals surface area (Å²) >= 11 is 0. The van der Waals surface area contributed by atoms with Crippen molar-refractivity contribution in [1.29, 1.82) is 0 Å². The van der Waals surface area contributed by atoms with Gasteiger partial charge >= 0.3 is 6.18 Å². The second-order valence-corrected chi connectivity index (χ2v) is 2.16. The molecule has 0 amide bonds. The zero-order chi connectivity index (χ0) is 8.74. The van der Waals surface area contributed by atoms with Crippen LogP contribution in [0.4, 0.5) is 13.2 Å². The summed E-state index contributed by atoms with van der Waals surface area (Å²) in [6.07, 6.45) is -4.04. The van der Waals surface area contributed by atoms with E-state index in [1.807, 2.05) is 6.92 Å². The Balaban J connectivity index is 3.02.